The molecule has 0 bridgehead atoms. The van der Waals surface area contributed by atoms with Crippen LogP contribution in [0.4, 0.5) is 0 Å². The third-order valence-corrected chi connectivity index (χ3v) is 5.31. The van der Waals surface area contributed by atoms with Gasteiger partial charge in [-0.2, -0.15) is 0 Å². The van der Waals surface area contributed by atoms with E-state index in [1.807, 2.05) is 0 Å². The smallest absolute Gasteiger partial charge is 0.306 e. The third-order valence-electron chi connectivity index (χ3n) is 5.31. The zero-order valence-corrected chi connectivity index (χ0v) is 19.4. The molecule has 0 saturated heterocycles. The summed E-state index contributed by atoms with van der Waals surface area (Å²) < 4.78 is 27.8. The van der Waals surface area contributed by atoms with Gasteiger partial charge in [-0.25, -0.2) is 0 Å². The van der Waals surface area contributed by atoms with E-state index in [2.05, 4.69) is 0 Å². The Morgan fingerprint density at radius 1 is 1.00 bits per heavy atom. The Hall–Kier alpha value is -3.20. The minimum absolute atomic E-state index is 0.0731. The average molecular weight is 450 g/mol. The highest BCUT2D eigenvalue weighted by Crippen LogP contribution is 2.42. The quantitative estimate of drug-likeness (QED) is 0.412. The van der Waals surface area contributed by atoms with Crippen molar-refractivity contribution >= 4 is 5.97 Å². The first-order chi connectivity index (χ1) is 15.3. The van der Waals surface area contributed by atoms with Gasteiger partial charge >= 0.3 is 5.97 Å². The van der Waals surface area contributed by atoms with Crippen LogP contribution in [0, 0.1) is 6.92 Å². The number of nitrogens with zero attached hydrogens (tertiary/aromatic N) is 1. The molecule has 1 aromatic carbocycles. The van der Waals surface area contributed by atoms with E-state index in [0.29, 0.717) is 48.1 Å². The summed E-state index contributed by atoms with van der Waals surface area (Å²) >= 11 is 0. The number of esters is 1. The molecule has 176 valence electrons. The van der Waals surface area contributed by atoms with Crippen LogP contribution in [0.5, 0.6) is 23.0 Å². The summed E-state index contributed by atoms with van der Waals surface area (Å²) in [5.74, 6) is -0.403. The molecule has 0 radical (unpaired) electrons. The van der Waals surface area contributed by atoms with Crippen molar-refractivity contribution in [3.63, 3.8) is 0 Å². The Morgan fingerprint density at radius 3 is 2.19 bits per heavy atom. The van der Waals surface area contributed by atoms with E-state index in [1.165, 1.54) is 34.5 Å². The van der Waals surface area contributed by atoms with E-state index < -0.39 is 17.4 Å². The van der Waals surface area contributed by atoms with Crippen LogP contribution in [0.25, 0.3) is 0 Å². The van der Waals surface area contributed by atoms with Crippen LogP contribution < -0.4 is 19.8 Å². The van der Waals surface area contributed by atoms with Crippen LogP contribution >= 0.6 is 0 Å². The molecule has 2 aromatic rings. The number of methoxy groups -OCH3 is 5. The van der Waals surface area contributed by atoms with Gasteiger partial charge in [0.25, 0.3) is 5.56 Å². The fourth-order valence-electron chi connectivity index (χ4n) is 3.68. The number of hydrogen-bond acceptors (Lipinski definition) is 8. The molecule has 0 fully saturated rings. The lowest BCUT2D eigenvalue weighted by Gasteiger charge is -2.23. The summed E-state index contributed by atoms with van der Waals surface area (Å²) in [6.07, 6.45) is 0.426. The fourth-order valence-corrected chi connectivity index (χ4v) is 3.68. The molecule has 1 atom stereocenters. The van der Waals surface area contributed by atoms with Gasteiger partial charge in [-0.05, 0) is 25.5 Å². The van der Waals surface area contributed by atoms with Crippen molar-refractivity contribution in [1.29, 1.82) is 0 Å². The standard InChI is InChI=1S/C23H31NO8/c1-14-10-17(25)22(23(27)24(14)8-7-9-28-2)16(12-21(26)32-6)15-11-19(30-4)20(31-5)13-18(15)29-3/h10-11,13,16,25H,7-9,12H2,1-6H3. The Kier molecular flexibility index (Phi) is 8.95. The molecule has 1 unspecified atom stereocenters. The van der Waals surface area contributed by atoms with Crippen molar-refractivity contribution in [3.05, 3.63) is 45.4 Å². The van der Waals surface area contributed by atoms with Crippen LogP contribution in [0.1, 0.15) is 35.6 Å². The molecule has 0 spiro atoms. The van der Waals surface area contributed by atoms with Crippen molar-refractivity contribution in [2.45, 2.75) is 32.2 Å². The lowest BCUT2D eigenvalue weighted by Crippen LogP contribution is -2.29. The Morgan fingerprint density at radius 2 is 1.62 bits per heavy atom. The van der Waals surface area contributed by atoms with Gasteiger partial charge in [0.15, 0.2) is 11.5 Å². The van der Waals surface area contributed by atoms with E-state index >= 15 is 0 Å². The zero-order valence-electron chi connectivity index (χ0n) is 19.4. The van der Waals surface area contributed by atoms with Crippen LogP contribution in [0.15, 0.2) is 23.0 Å². The highest BCUT2D eigenvalue weighted by Gasteiger charge is 2.30. The van der Waals surface area contributed by atoms with Gasteiger partial charge in [0.2, 0.25) is 0 Å². The molecular formula is C23H31NO8. The monoisotopic (exact) mass is 449 g/mol. The third kappa shape index (κ3) is 5.34. The fraction of sp³-hybridized carbons (Fsp3) is 0.478. The predicted octanol–water partition coefficient (Wildman–Crippen LogP) is 2.62. The molecule has 9 nitrogen and oxygen atoms in total. The normalized spacial score (nSPS) is 11.7. The average Bonchev–Trinajstić information content (AvgIpc) is 2.79. The minimum atomic E-state index is -0.848. The molecular weight excluding hydrogens is 418 g/mol. The number of pyridine rings is 1. The first kappa shape index (κ1) is 25.1. The molecule has 0 aliphatic rings. The number of aryl methyl sites for hydroxylation is 1. The van der Waals surface area contributed by atoms with Crippen LogP contribution in [-0.2, 0) is 20.8 Å². The molecule has 2 rings (SSSR count). The van der Waals surface area contributed by atoms with Gasteiger partial charge in [0.05, 0.1) is 40.4 Å². The van der Waals surface area contributed by atoms with Gasteiger partial charge in [0.1, 0.15) is 11.5 Å². The van der Waals surface area contributed by atoms with E-state index in [9.17, 15) is 14.7 Å². The second-order valence-corrected chi connectivity index (χ2v) is 7.17. The van der Waals surface area contributed by atoms with Gasteiger partial charge in [-0.3, -0.25) is 9.59 Å². The Labute approximate surface area is 187 Å². The molecule has 0 aliphatic heterocycles. The minimum Gasteiger partial charge on any atom is -0.507 e. The summed E-state index contributed by atoms with van der Waals surface area (Å²) in [5, 5.41) is 10.8. The summed E-state index contributed by atoms with van der Waals surface area (Å²) in [6, 6.07) is 4.77. The predicted molar refractivity (Wildman–Crippen MR) is 118 cm³/mol. The van der Waals surface area contributed by atoms with Gasteiger partial charge < -0.3 is 33.4 Å². The molecule has 1 heterocycles. The number of ether oxygens (including phenoxy) is 5. The zero-order chi connectivity index (χ0) is 23.8. The van der Waals surface area contributed by atoms with Crippen molar-refractivity contribution in [3.8, 4) is 23.0 Å². The SMILES string of the molecule is COCCCn1c(C)cc(O)c(C(CC(=O)OC)c2cc(OC)c(OC)cc2OC)c1=O. The number of rotatable bonds is 11. The maximum Gasteiger partial charge on any atom is 0.306 e. The number of carbonyl (C=O) groups excluding carboxylic acids is 1. The number of carbonyl (C=O) groups is 1. The van der Waals surface area contributed by atoms with Gasteiger partial charge in [0, 0.05) is 43.5 Å². The van der Waals surface area contributed by atoms with Crippen LogP contribution in [0.3, 0.4) is 0 Å². The van der Waals surface area contributed by atoms with E-state index in [-0.39, 0.29) is 17.7 Å². The van der Waals surface area contributed by atoms with Crippen molar-refractivity contribution in [2.75, 3.05) is 42.2 Å². The summed E-state index contributed by atoms with van der Waals surface area (Å²) in [4.78, 5) is 25.8. The summed E-state index contributed by atoms with van der Waals surface area (Å²) in [6.45, 7) is 2.63. The highest BCUT2D eigenvalue weighted by atomic mass is 16.5. The highest BCUT2D eigenvalue weighted by molar-refractivity contribution is 5.72. The largest absolute Gasteiger partial charge is 0.507 e. The first-order valence-corrected chi connectivity index (χ1v) is 10.1. The number of aromatic nitrogens is 1. The van der Waals surface area contributed by atoms with Crippen molar-refractivity contribution in [2.24, 2.45) is 0 Å². The summed E-state index contributed by atoms with van der Waals surface area (Å²) in [7, 11) is 7.30. The van der Waals surface area contributed by atoms with Crippen LogP contribution in [-0.4, -0.2) is 57.8 Å². The van der Waals surface area contributed by atoms with Gasteiger partial charge in [-0.1, -0.05) is 0 Å². The topological polar surface area (TPSA) is 105 Å². The Balaban J connectivity index is 2.76. The molecule has 0 amide bonds. The number of hydrogen-bond donors (Lipinski definition) is 1. The van der Waals surface area contributed by atoms with Crippen molar-refractivity contribution in [1.82, 2.24) is 4.57 Å². The first-order valence-electron chi connectivity index (χ1n) is 10.1. The maximum absolute atomic E-state index is 13.5. The lowest BCUT2D eigenvalue weighted by atomic mass is 9.87. The molecule has 0 saturated carbocycles. The van der Waals surface area contributed by atoms with Gasteiger partial charge in [-0.15, -0.1) is 0 Å². The van der Waals surface area contributed by atoms with E-state index in [1.54, 1.807) is 30.7 Å². The second kappa shape index (κ2) is 11.4. The second-order valence-electron chi connectivity index (χ2n) is 7.17. The molecule has 0 aliphatic carbocycles. The number of benzene rings is 1. The molecule has 1 N–H and O–H groups in total. The lowest BCUT2D eigenvalue weighted by molar-refractivity contribution is -0.140. The maximum atomic E-state index is 13.5. The van der Waals surface area contributed by atoms with Crippen molar-refractivity contribution < 1.29 is 33.6 Å². The van der Waals surface area contributed by atoms with E-state index in [0.717, 1.165) is 0 Å². The molecule has 1 aromatic heterocycles. The number of aromatic hydroxyl groups is 1. The van der Waals surface area contributed by atoms with E-state index in [4.69, 9.17) is 23.7 Å². The molecule has 9 heteroatoms. The van der Waals surface area contributed by atoms with Crippen LogP contribution in [0.2, 0.25) is 0 Å². The summed E-state index contributed by atoms with van der Waals surface area (Å²) in [5.41, 5.74) is 0.756. The molecule has 32 heavy (non-hydrogen) atoms. The Bertz CT molecular complexity index is 998.